The van der Waals surface area contributed by atoms with E-state index in [-0.39, 0.29) is 5.56 Å². The second-order valence-electron chi connectivity index (χ2n) is 5.52. The van der Waals surface area contributed by atoms with Crippen molar-refractivity contribution < 1.29 is 0 Å². The van der Waals surface area contributed by atoms with Gasteiger partial charge in [-0.2, -0.15) is 0 Å². The maximum atomic E-state index is 12.2. The van der Waals surface area contributed by atoms with Gasteiger partial charge >= 0.3 is 0 Å². The van der Waals surface area contributed by atoms with Crippen molar-refractivity contribution in [1.82, 2.24) is 9.97 Å². The Morgan fingerprint density at radius 2 is 1.54 bits per heavy atom. The van der Waals surface area contributed by atoms with Crippen molar-refractivity contribution in [3.05, 3.63) is 88.2 Å². The molecule has 4 aromatic rings. The fraction of sp³-hybridized carbons (Fsp3) is 0. The Hall–Kier alpha value is -2.91. The van der Waals surface area contributed by atoms with Crippen LogP contribution in [0.4, 0.5) is 0 Å². The number of fused-ring (bicyclic) bond motifs is 1. The Balaban J connectivity index is 1.77. The molecule has 0 aliphatic rings. The van der Waals surface area contributed by atoms with Gasteiger partial charge in [0.15, 0.2) is 0 Å². The van der Waals surface area contributed by atoms with Crippen molar-refractivity contribution >= 4 is 22.5 Å². The van der Waals surface area contributed by atoms with Gasteiger partial charge < -0.3 is 4.98 Å². The van der Waals surface area contributed by atoms with Crippen LogP contribution in [0.5, 0.6) is 0 Å². The zero-order valence-electron chi connectivity index (χ0n) is 12.7. The molecule has 3 aromatic carbocycles. The Morgan fingerprint density at radius 3 is 2.33 bits per heavy atom. The number of hydrogen-bond donors (Lipinski definition) is 1. The third-order valence-corrected chi connectivity index (χ3v) is 4.16. The molecule has 116 valence electrons. The van der Waals surface area contributed by atoms with E-state index in [1.165, 1.54) is 0 Å². The number of hydrogen-bond acceptors (Lipinski definition) is 2. The third kappa shape index (κ3) is 2.70. The maximum Gasteiger partial charge on any atom is 0.259 e. The number of nitrogens with zero attached hydrogens (tertiary/aromatic N) is 1. The number of benzene rings is 3. The van der Waals surface area contributed by atoms with Gasteiger partial charge in [0.25, 0.3) is 5.56 Å². The number of aromatic nitrogens is 2. The second kappa shape index (κ2) is 5.95. The van der Waals surface area contributed by atoms with Crippen LogP contribution in [0.1, 0.15) is 0 Å². The maximum absolute atomic E-state index is 12.2. The highest BCUT2D eigenvalue weighted by Gasteiger charge is 2.06. The summed E-state index contributed by atoms with van der Waals surface area (Å²) in [5.41, 5.74) is 3.53. The van der Waals surface area contributed by atoms with E-state index in [4.69, 9.17) is 11.6 Å². The molecular weight excluding hydrogens is 320 g/mol. The van der Waals surface area contributed by atoms with Gasteiger partial charge in [-0.3, -0.25) is 4.79 Å². The Bertz CT molecular complexity index is 1080. The standard InChI is InChI=1S/C20H13ClN2O/c21-16-5-3-4-15(12-16)13-8-10-14(11-9-13)19-22-18-7-2-1-6-17(18)20(24)23-19/h1-12H,(H,22,23,24). The minimum atomic E-state index is -0.130. The molecule has 0 amide bonds. The Kier molecular flexibility index (Phi) is 3.63. The van der Waals surface area contributed by atoms with E-state index < -0.39 is 0 Å². The number of rotatable bonds is 2. The summed E-state index contributed by atoms with van der Waals surface area (Å²) < 4.78 is 0. The van der Waals surface area contributed by atoms with Crippen molar-refractivity contribution in [3.63, 3.8) is 0 Å². The number of H-pyrrole nitrogens is 1. The molecule has 0 saturated heterocycles. The first kappa shape index (κ1) is 14.7. The predicted octanol–water partition coefficient (Wildman–Crippen LogP) is 4.91. The summed E-state index contributed by atoms with van der Waals surface area (Å²) in [4.78, 5) is 19.6. The number of halogens is 1. The summed E-state index contributed by atoms with van der Waals surface area (Å²) in [6.45, 7) is 0. The summed E-state index contributed by atoms with van der Waals surface area (Å²) in [5.74, 6) is 0.566. The van der Waals surface area contributed by atoms with Crippen molar-refractivity contribution in [2.24, 2.45) is 0 Å². The molecule has 0 aliphatic heterocycles. The highest BCUT2D eigenvalue weighted by Crippen LogP contribution is 2.25. The van der Waals surface area contributed by atoms with Crippen LogP contribution >= 0.6 is 11.6 Å². The molecule has 4 heteroatoms. The molecule has 24 heavy (non-hydrogen) atoms. The van der Waals surface area contributed by atoms with Crippen LogP contribution in [-0.2, 0) is 0 Å². The molecule has 0 fully saturated rings. The summed E-state index contributed by atoms with van der Waals surface area (Å²) in [6.07, 6.45) is 0. The van der Waals surface area contributed by atoms with Gasteiger partial charge in [-0.05, 0) is 35.4 Å². The largest absolute Gasteiger partial charge is 0.306 e. The lowest BCUT2D eigenvalue weighted by atomic mass is 10.0. The minimum absolute atomic E-state index is 0.130. The summed E-state index contributed by atoms with van der Waals surface area (Å²) in [7, 11) is 0. The van der Waals surface area contributed by atoms with Crippen LogP contribution in [0.15, 0.2) is 77.6 Å². The van der Waals surface area contributed by atoms with Gasteiger partial charge in [-0.25, -0.2) is 4.98 Å². The van der Waals surface area contributed by atoms with Gasteiger partial charge in [-0.15, -0.1) is 0 Å². The molecule has 1 N–H and O–H groups in total. The fourth-order valence-electron chi connectivity index (χ4n) is 2.71. The average molecular weight is 333 g/mol. The molecule has 0 bridgehead atoms. The quantitative estimate of drug-likeness (QED) is 0.567. The molecule has 0 aliphatic carbocycles. The summed E-state index contributed by atoms with van der Waals surface area (Å²) in [5, 5.41) is 1.30. The summed E-state index contributed by atoms with van der Waals surface area (Å²) >= 11 is 6.05. The molecule has 0 saturated carbocycles. The van der Waals surface area contributed by atoms with Crippen LogP contribution in [0.3, 0.4) is 0 Å². The Morgan fingerprint density at radius 1 is 0.792 bits per heavy atom. The van der Waals surface area contributed by atoms with Crippen molar-refractivity contribution in [3.8, 4) is 22.5 Å². The monoisotopic (exact) mass is 332 g/mol. The van der Waals surface area contributed by atoms with E-state index in [2.05, 4.69) is 9.97 Å². The van der Waals surface area contributed by atoms with E-state index in [9.17, 15) is 4.79 Å². The lowest BCUT2D eigenvalue weighted by Crippen LogP contribution is -2.09. The number of aromatic amines is 1. The third-order valence-electron chi connectivity index (χ3n) is 3.93. The molecular formula is C20H13ClN2O. The molecule has 3 nitrogen and oxygen atoms in total. The highest BCUT2D eigenvalue weighted by molar-refractivity contribution is 6.30. The highest BCUT2D eigenvalue weighted by atomic mass is 35.5. The molecule has 0 atom stereocenters. The fourth-order valence-corrected chi connectivity index (χ4v) is 2.90. The van der Waals surface area contributed by atoms with Gasteiger partial charge in [-0.1, -0.05) is 60.1 Å². The van der Waals surface area contributed by atoms with Gasteiger partial charge in [0.2, 0.25) is 0 Å². The number of para-hydroxylation sites is 1. The molecule has 0 unspecified atom stereocenters. The van der Waals surface area contributed by atoms with E-state index in [0.717, 1.165) is 16.7 Å². The van der Waals surface area contributed by atoms with Crippen LogP contribution < -0.4 is 5.56 Å². The predicted molar refractivity (Wildman–Crippen MR) is 98.2 cm³/mol. The van der Waals surface area contributed by atoms with E-state index >= 15 is 0 Å². The van der Waals surface area contributed by atoms with E-state index in [0.29, 0.717) is 21.7 Å². The van der Waals surface area contributed by atoms with Gasteiger partial charge in [0, 0.05) is 10.6 Å². The molecule has 0 spiro atoms. The minimum Gasteiger partial charge on any atom is -0.306 e. The van der Waals surface area contributed by atoms with Crippen LogP contribution in [-0.4, -0.2) is 9.97 Å². The first-order valence-electron chi connectivity index (χ1n) is 7.56. The van der Waals surface area contributed by atoms with Crippen molar-refractivity contribution in [2.75, 3.05) is 0 Å². The first-order valence-corrected chi connectivity index (χ1v) is 7.94. The average Bonchev–Trinajstić information content (AvgIpc) is 2.62. The normalized spacial score (nSPS) is 10.9. The molecule has 0 radical (unpaired) electrons. The zero-order chi connectivity index (χ0) is 16.5. The summed E-state index contributed by atoms with van der Waals surface area (Å²) in [6, 6.07) is 22.9. The van der Waals surface area contributed by atoms with Crippen LogP contribution in [0.2, 0.25) is 5.02 Å². The van der Waals surface area contributed by atoms with Crippen LogP contribution in [0.25, 0.3) is 33.4 Å². The van der Waals surface area contributed by atoms with Gasteiger partial charge in [0.05, 0.1) is 10.9 Å². The molecule has 1 aromatic heterocycles. The zero-order valence-corrected chi connectivity index (χ0v) is 13.4. The van der Waals surface area contributed by atoms with E-state index in [1.54, 1.807) is 6.07 Å². The SMILES string of the molecule is O=c1[nH]c(-c2ccc(-c3cccc(Cl)c3)cc2)nc2ccccc12. The second-order valence-corrected chi connectivity index (χ2v) is 5.96. The van der Waals surface area contributed by atoms with E-state index in [1.807, 2.05) is 66.7 Å². The molecule has 1 heterocycles. The molecule has 4 rings (SSSR count). The lowest BCUT2D eigenvalue weighted by Gasteiger charge is -2.06. The topological polar surface area (TPSA) is 45.8 Å². The van der Waals surface area contributed by atoms with Crippen LogP contribution in [0, 0.1) is 0 Å². The number of nitrogens with one attached hydrogen (secondary N) is 1. The Labute approximate surface area is 143 Å². The smallest absolute Gasteiger partial charge is 0.259 e. The first-order chi connectivity index (χ1) is 11.7. The van der Waals surface area contributed by atoms with Crippen molar-refractivity contribution in [2.45, 2.75) is 0 Å². The lowest BCUT2D eigenvalue weighted by molar-refractivity contribution is 1.18. The van der Waals surface area contributed by atoms with Gasteiger partial charge in [0.1, 0.15) is 5.82 Å². The van der Waals surface area contributed by atoms with Crippen molar-refractivity contribution in [1.29, 1.82) is 0 Å².